The van der Waals surface area contributed by atoms with Crippen molar-refractivity contribution in [1.29, 1.82) is 0 Å². The fraction of sp³-hybridized carbons (Fsp3) is 0.300. The predicted molar refractivity (Wildman–Crippen MR) is 98.7 cm³/mol. The molecular weight excluding hydrogens is 314 g/mol. The van der Waals surface area contributed by atoms with Crippen LogP contribution in [0, 0.1) is 6.92 Å². The van der Waals surface area contributed by atoms with Gasteiger partial charge in [-0.05, 0) is 43.5 Å². The highest BCUT2D eigenvalue weighted by Gasteiger charge is 2.17. The number of fused-ring (bicyclic) bond motifs is 1. The zero-order valence-electron chi connectivity index (χ0n) is 14.5. The fourth-order valence-electron chi connectivity index (χ4n) is 3.04. The lowest BCUT2D eigenvalue weighted by Gasteiger charge is -2.17. The minimum atomic E-state index is -0.350. The van der Waals surface area contributed by atoms with Gasteiger partial charge in [-0.15, -0.1) is 0 Å². The molecule has 2 heterocycles. The minimum Gasteiger partial charge on any atom is -0.394 e. The maximum atomic E-state index is 12.6. The van der Waals surface area contributed by atoms with E-state index in [-0.39, 0.29) is 18.6 Å². The standard InChI is InChI=1S/C20H23N3O2/c1-3-15-8-9-17(13(2)22-15)20(25)23-16(12-24)10-14-11-21-19-7-5-4-6-18(14)19/h4-9,11,16,21,24H,3,10,12H2,1-2H3,(H,23,25). The van der Waals surface area contributed by atoms with Crippen LogP contribution in [0.1, 0.15) is 34.2 Å². The topological polar surface area (TPSA) is 78.0 Å². The summed E-state index contributed by atoms with van der Waals surface area (Å²) in [5.41, 5.74) is 4.35. The van der Waals surface area contributed by atoms with Crippen molar-refractivity contribution < 1.29 is 9.90 Å². The van der Waals surface area contributed by atoms with Crippen LogP contribution in [0.25, 0.3) is 10.9 Å². The molecule has 0 bridgehead atoms. The van der Waals surface area contributed by atoms with E-state index in [2.05, 4.69) is 15.3 Å². The molecule has 3 aromatic rings. The Morgan fingerprint density at radius 3 is 2.80 bits per heavy atom. The van der Waals surface area contributed by atoms with Crippen molar-refractivity contribution in [2.24, 2.45) is 0 Å². The molecule has 0 aliphatic carbocycles. The summed E-state index contributed by atoms with van der Waals surface area (Å²) in [7, 11) is 0. The number of aliphatic hydroxyl groups is 1. The SMILES string of the molecule is CCc1ccc(C(=O)NC(CO)Cc2c[nH]c3ccccc23)c(C)n1. The Morgan fingerprint density at radius 2 is 2.08 bits per heavy atom. The Kier molecular flexibility index (Phi) is 5.14. The van der Waals surface area contributed by atoms with Gasteiger partial charge < -0.3 is 15.4 Å². The van der Waals surface area contributed by atoms with E-state index < -0.39 is 0 Å². The summed E-state index contributed by atoms with van der Waals surface area (Å²) in [5, 5.41) is 13.7. The summed E-state index contributed by atoms with van der Waals surface area (Å²) in [5.74, 6) is -0.202. The lowest BCUT2D eigenvalue weighted by molar-refractivity contribution is 0.0915. The Labute approximate surface area is 147 Å². The maximum absolute atomic E-state index is 12.6. The van der Waals surface area contributed by atoms with Gasteiger partial charge in [0.1, 0.15) is 0 Å². The van der Waals surface area contributed by atoms with E-state index >= 15 is 0 Å². The third-order valence-corrected chi connectivity index (χ3v) is 4.45. The van der Waals surface area contributed by atoms with Gasteiger partial charge in [-0.2, -0.15) is 0 Å². The summed E-state index contributed by atoms with van der Waals surface area (Å²) in [6.07, 6.45) is 3.33. The number of rotatable bonds is 6. The van der Waals surface area contributed by atoms with Crippen LogP contribution in [0.15, 0.2) is 42.6 Å². The molecule has 1 amide bonds. The lowest BCUT2D eigenvalue weighted by atomic mass is 10.0. The molecular formula is C20H23N3O2. The van der Waals surface area contributed by atoms with Crippen molar-refractivity contribution in [3.8, 4) is 0 Å². The van der Waals surface area contributed by atoms with Crippen molar-refractivity contribution in [2.75, 3.05) is 6.61 Å². The molecule has 3 N–H and O–H groups in total. The van der Waals surface area contributed by atoms with Crippen molar-refractivity contribution in [3.05, 3.63) is 65.1 Å². The van der Waals surface area contributed by atoms with Gasteiger partial charge >= 0.3 is 0 Å². The average molecular weight is 337 g/mol. The van der Waals surface area contributed by atoms with E-state index in [1.807, 2.05) is 50.4 Å². The van der Waals surface area contributed by atoms with Crippen LogP contribution < -0.4 is 5.32 Å². The van der Waals surface area contributed by atoms with Gasteiger partial charge in [0.25, 0.3) is 5.91 Å². The molecule has 130 valence electrons. The quantitative estimate of drug-likeness (QED) is 0.647. The fourth-order valence-corrected chi connectivity index (χ4v) is 3.04. The third kappa shape index (κ3) is 3.72. The molecule has 1 atom stereocenters. The van der Waals surface area contributed by atoms with Crippen LogP contribution in [0.4, 0.5) is 0 Å². The molecule has 5 nitrogen and oxygen atoms in total. The molecule has 5 heteroatoms. The van der Waals surface area contributed by atoms with Gasteiger partial charge in [0.05, 0.1) is 23.9 Å². The van der Waals surface area contributed by atoms with Crippen LogP contribution >= 0.6 is 0 Å². The average Bonchev–Trinajstić information content (AvgIpc) is 3.03. The number of nitrogens with one attached hydrogen (secondary N) is 2. The molecule has 0 saturated heterocycles. The Balaban J connectivity index is 1.74. The molecule has 0 aliphatic rings. The highest BCUT2D eigenvalue weighted by atomic mass is 16.3. The van der Waals surface area contributed by atoms with Gasteiger partial charge in [0, 0.05) is 22.8 Å². The molecule has 1 unspecified atom stereocenters. The minimum absolute atomic E-state index is 0.120. The number of nitrogens with zero attached hydrogens (tertiary/aromatic N) is 1. The van der Waals surface area contributed by atoms with Gasteiger partial charge in [0.2, 0.25) is 0 Å². The first-order valence-corrected chi connectivity index (χ1v) is 8.55. The molecule has 25 heavy (non-hydrogen) atoms. The second-order valence-electron chi connectivity index (χ2n) is 6.21. The molecule has 0 aliphatic heterocycles. The first-order valence-electron chi connectivity index (χ1n) is 8.55. The van der Waals surface area contributed by atoms with Gasteiger partial charge in [-0.3, -0.25) is 9.78 Å². The predicted octanol–water partition coefficient (Wildman–Crippen LogP) is 2.77. The number of para-hydroxylation sites is 1. The highest BCUT2D eigenvalue weighted by Crippen LogP contribution is 2.19. The number of aromatic amines is 1. The zero-order chi connectivity index (χ0) is 17.8. The second kappa shape index (κ2) is 7.49. The van der Waals surface area contributed by atoms with Gasteiger partial charge in [0.15, 0.2) is 0 Å². The molecule has 0 radical (unpaired) electrons. The number of aromatic nitrogens is 2. The Bertz CT molecular complexity index is 886. The van der Waals surface area contributed by atoms with E-state index in [0.29, 0.717) is 17.7 Å². The summed E-state index contributed by atoms with van der Waals surface area (Å²) in [6, 6.07) is 11.3. The van der Waals surface area contributed by atoms with E-state index in [1.54, 1.807) is 6.07 Å². The van der Waals surface area contributed by atoms with Crippen molar-refractivity contribution in [3.63, 3.8) is 0 Å². The van der Waals surface area contributed by atoms with E-state index in [9.17, 15) is 9.90 Å². The summed E-state index contributed by atoms with van der Waals surface area (Å²) in [6.45, 7) is 3.75. The Hall–Kier alpha value is -2.66. The summed E-state index contributed by atoms with van der Waals surface area (Å²) < 4.78 is 0. The van der Waals surface area contributed by atoms with E-state index in [0.717, 1.165) is 28.6 Å². The molecule has 0 spiro atoms. The normalized spacial score (nSPS) is 12.3. The lowest BCUT2D eigenvalue weighted by Crippen LogP contribution is -2.39. The third-order valence-electron chi connectivity index (χ3n) is 4.45. The number of benzene rings is 1. The molecule has 0 saturated carbocycles. The smallest absolute Gasteiger partial charge is 0.253 e. The number of hydrogen-bond acceptors (Lipinski definition) is 3. The van der Waals surface area contributed by atoms with Crippen molar-refractivity contribution >= 4 is 16.8 Å². The van der Waals surface area contributed by atoms with Crippen LogP contribution in [-0.4, -0.2) is 33.6 Å². The first-order chi connectivity index (χ1) is 12.1. The molecule has 1 aromatic carbocycles. The van der Waals surface area contributed by atoms with Gasteiger partial charge in [-0.25, -0.2) is 0 Å². The van der Waals surface area contributed by atoms with Crippen LogP contribution in [0.5, 0.6) is 0 Å². The van der Waals surface area contributed by atoms with Crippen molar-refractivity contribution in [1.82, 2.24) is 15.3 Å². The maximum Gasteiger partial charge on any atom is 0.253 e. The van der Waals surface area contributed by atoms with Crippen LogP contribution in [-0.2, 0) is 12.8 Å². The number of amides is 1. The molecule has 0 fully saturated rings. The number of H-pyrrole nitrogens is 1. The summed E-state index contributed by atoms with van der Waals surface area (Å²) >= 11 is 0. The van der Waals surface area contributed by atoms with Crippen molar-refractivity contribution in [2.45, 2.75) is 32.7 Å². The number of carbonyl (C=O) groups is 1. The number of carbonyl (C=O) groups excluding carboxylic acids is 1. The number of aliphatic hydroxyl groups excluding tert-OH is 1. The Morgan fingerprint density at radius 1 is 1.28 bits per heavy atom. The largest absolute Gasteiger partial charge is 0.394 e. The first kappa shape index (κ1) is 17.2. The molecule has 3 rings (SSSR count). The van der Waals surface area contributed by atoms with E-state index in [4.69, 9.17) is 0 Å². The van der Waals surface area contributed by atoms with E-state index in [1.165, 1.54) is 0 Å². The number of hydrogen-bond donors (Lipinski definition) is 3. The molecule has 2 aromatic heterocycles. The summed E-state index contributed by atoms with van der Waals surface area (Å²) in [4.78, 5) is 20.2. The number of aryl methyl sites for hydroxylation is 2. The number of pyridine rings is 1. The van der Waals surface area contributed by atoms with Crippen LogP contribution in [0.3, 0.4) is 0 Å². The monoisotopic (exact) mass is 337 g/mol. The highest BCUT2D eigenvalue weighted by molar-refractivity contribution is 5.95. The van der Waals surface area contributed by atoms with Gasteiger partial charge in [-0.1, -0.05) is 25.1 Å². The zero-order valence-corrected chi connectivity index (χ0v) is 14.5. The second-order valence-corrected chi connectivity index (χ2v) is 6.21. The van der Waals surface area contributed by atoms with Crippen LogP contribution in [0.2, 0.25) is 0 Å².